The van der Waals surface area contributed by atoms with E-state index in [9.17, 15) is 8.60 Å². The summed E-state index contributed by atoms with van der Waals surface area (Å²) in [4.78, 5) is 0. The van der Waals surface area contributed by atoms with Crippen LogP contribution in [0.2, 0.25) is 0 Å². The molecule has 6 heteroatoms. The minimum atomic E-state index is -1.36. The number of fused-ring (bicyclic) bond motifs is 1. The molecule has 0 amide bonds. The second-order valence-corrected chi connectivity index (χ2v) is 8.00. The third kappa shape index (κ3) is 3.05. The van der Waals surface area contributed by atoms with Gasteiger partial charge in [0.15, 0.2) is 11.6 Å². The molecule has 1 aromatic carbocycles. The molecule has 1 heterocycles. The highest BCUT2D eigenvalue weighted by atomic mass is 79.9. The topological polar surface area (TPSA) is 38.7 Å². The van der Waals surface area contributed by atoms with Gasteiger partial charge in [0, 0.05) is 12.0 Å². The summed E-state index contributed by atoms with van der Waals surface area (Å²) < 4.78 is 35.5. The van der Waals surface area contributed by atoms with E-state index in [4.69, 9.17) is 4.74 Å². The Morgan fingerprint density at radius 1 is 1.42 bits per heavy atom. The second-order valence-electron chi connectivity index (χ2n) is 5.24. The molecule has 19 heavy (non-hydrogen) atoms. The van der Waals surface area contributed by atoms with Gasteiger partial charge in [-0.3, -0.25) is 0 Å². The molecule has 1 unspecified atom stereocenters. The number of halogens is 2. The number of hydrogen-bond donors (Lipinski definition) is 0. The predicted octanol–water partition coefficient (Wildman–Crippen LogP) is 3.62. The average molecular weight is 348 g/mol. The van der Waals surface area contributed by atoms with Gasteiger partial charge in [-0.1, -0.05) is 0 Å². The van der Waals surface area contributed by atoms with Gasteiger partial charge in [0.1, 0.15) is 11.0 Å². The summed E-state index contributed by atoms with van der Waals surface area (Å²) in [5.41, 5.74) is 1.23. The molecule has 3 nitrogen and oxygen atoms in total. The van der Waals surface area contributed by atoms with Crippen LogP contribution in [0.5, 0.6) is 5.75 Å². The zero-order chi connectivity index (χ0) is 14.2. The van der Waals surface area contributed by atoms with Crippen LogP contribution in [0.4, 0.5) is 4.39 Å². The molecule has 2 rings (SSSR count). The van der Waals surface area contributed by atoms with Crippen molar-refractivity contribution in [2.24, 2.45) is 4.40 Å². The first-order chi connectivity index (χ1) is 8.80. The van der Waals surface area contributed by atoms with E-state index in [-0.39, 0.29) is 5.75 Å². The quantitative estimate of drug-likeness (QED) is 0.778. The van der Waals surface area contributed by atoms with E-state index >= 15 is 0 Å². The summed E-state index contributed by atoms with van der Waals surface area (Å²) in [7, 11) is -1.36. The third-order valence-electron chi connectivity index (χ3n) is 2.66. The van der Waals surface area contributed by atoms with Crippen LogP contribution in [0.25, 0.3) is 0 Å². The van der Waals surface area contributed by atoms with Crippen molar-refractivity contribution in [1.29, 1.82) is 0 Å². The van der Waals surface area contributed by atoms with Crippen LogP contribution in [0.3, 0.4) is 0 Å². The standard InChI is InChI=1S/C13H15BrFNO2S/c1-13(2,3)19(17)16-10-6-7-18-12-8(10)4-5-9(14)11(12)15/h4-5H,6-7H2,1-3H3. The lowest BCUT2D eigenvalue weighted by Crippen LogP contribution is -2.23. The summed E-state index contributed by atoms with van der Waals surface area (Å²) in [5, 5.41) is 0. The number of rotatable bonds is 1. The number of benzene rings is 1. The fourth-order valence-electron chi connectivity index (χ4n) is 1.62. The maximum atomic E-state index is 13.9. The smallest absolute Gasteiger partial charge is 0.179 e. The normalized spacial score (nSPS) is 18.9. The molecule has 0 bridgehead atoms. The predicted molar refractivity (Wildman–Crippen MR) is 78.6 cm³/mol. The van der Waals surface area contributed by atoms with E-state index in [2.05, 4.69) is 20.3 Å². The first-order valence-electron chi connectivity index (χ1n) is 5.91. The molecule has 0 aliphatic carbocycles. The summed E-state index contributed by atoms with van der Waals surface area (Å²) in [5.74, 6) is -0.253. The molecule has 0 radical (unpaired) electrons. The zero-order valence-corrected chi connectivity index (χ0v) is 13.4. The van der Waals surface area contributed by atoms with E-state index in [1.54, 1.807) is 12.1 Å². The first-order valence-corrected chi connectivity index (χ1v) is 7.81. The highest BCUT2D eigenvalue weighted by Crippen LogP contribution is 2.33. The summed E-state index contributed by atoms with van der Waals surface area (Å²) in [6.07, 6.45) is 0.538. The van der Waals surface area contributed by atoms with Gasteiger partial charge < -0.3 is 4.74 Å². The Hall–Kier alpha value is -0.750. The molecule has 1 atom stereocenters. The van der Waals surface area contributed by atoms with Crippen LogP contribution in [0.1, 0.15) is 32.8 Å². The molecular formula is C13H15BrFNO2S. The molecule has 0 saturated heterocycles. The minimum absolute atomic E-state index is 0.185. The van der Waals surface area contributed by atoms with Gasteiger partial charge >= 0.3 is 0 Å². The van der Waals surface area contributed by atoms with Crippen LogP contribution in [0, 0.1) is 5.82 Å². The lowest BCUT2D eigenvalue weighted by Gasteiger charge is -2.21. The van der Waals surface area contributed by atoms with Gasteiger partial charge in [0.05, 0.1) is 21.5 Å². The van der Waals surface area contributed by atoms with Crippen LogP contribution < -0.4 is 4.74 Å². The largest absolute Gasteiger partial charge is 0.489 e. The van der Waals surface area contributed by atoms with E-state index in [1.807, 2.05) is 20.8 Å². The monoisotopic (exact) mass is 347 g/mol. The maximum Gasteiger partial charge on any atom is 0.179 e. The van der Waals surface area contributed by atoms with Crippen LogP contribution in [0.15, 0.2) is 21.0 Å². The van der Waals surface area contributed by atoms with Crippen LogP contribution in [-0.2, 0) is 11.0 Å². The number of ether oxygens (including phenoxy) is 1. The van der Waals surface area contributed by atoms with Crippen molar-refractivity contribution >= 4 is 32.6 Å². The van der Waals surface area contributed by atoms with Crippen molar-refractivity contribution in [3.05, 3.63) is 28.0 Å². The maximum absolute atomic E-state index is 13.9. The van der Waals surface area contributed by atoms with Gasteiger partial charge in [-0.15, -0.1) is 0 Å². The first kappa shape index (κ1) is 14.7. The van der Waals surface area contributed by atoms with Crippen LogP contribution >= 0.6 is 15.9 Å². The van der Waals surface area contributed by atoms with E-state index < -0.39 is 21.5 Å². The van der Waals surface area contributed by atoms with Crippen molar-refractivity contribution in [3.8, 4) is 5.75 Å². The second kappa shape index (κ2) is 5.32. The molecule has 0 spiro atoms. The Morgan fingerprint density at radius 3 is 2.74 bits per heavy atom. The van der Waals surface area contributed by atoms with Gasteiger partial charge in [-0.05, 0) is 48.8 Å². The van der Waals surface area contributed by atoms with Gasteiger partial charge in [-0.25, -0.2) is 8.60 Å². The fraction of sp³-hybridized carbons (Fsp3) is 0.462. The van der Waals surface area contributed by atoms with Crippen molar-refractivity contribution in [2.45, 2.75) is 31.9 Å². The number of hydrogen-bond acceptors (Lipinski definition) is 2. The zero-order valence-electron chi connectivity index (χ0n) is 11.0. The molecule has 0 fully saturated rings. The van der Waals surface area contributed by atoms with E-state index in [1.165, 1.54) is 0 Å². The van der Waals surface area contributed by atoms with E-state index in [0.29, 0.717) is 28.8 Å². The third-order valence-corrected chi connectivity index (χ3v) is 4.71. The summed E-state index contributed by atoms with van der Waals surface area (Å²) in [6.45, 7) is 5.92. The van der Waals surface area contributed by atoms with Crippen molar-refractivity contribution in [1.82, 2.24) is 0 Å². The van der Waals surface area contributed by atoms with Crippen molar-refractivity contribution in [2.75, 3.05) is 6.61 Å². The minimum Gasteiger partial charge on any atom is -0.489 e. The SMILES string of the molecule is CC(C)(C)S(=O)N=C1CCOc2c1ccc(Br)c2F. The molecule has 1 aromatic rings. The molecule has 0 saturated carbocycles. The highest BCUT2D eigenvalue weighted by molar-refractivity contribution is 9.10. The Morgan fingerprint density at radius 2 is 2.11 bits per heavy atom. The van der Waals surface area contributed by atoms with Crippen molar-refractivity contribution < 1.29 is 13.3 Å². The molecular weight excluding hydrogens is 333 g/mol. The Balaban J connectivity index is 2.47. The highest BCUT2D eigenvalue weighted by Gasteiger charge is 2.25. The molecule has 1 aliphatic rings. The Labute approximate surface area is 123 Å². The van der Waals surface area contributed by atoms with Crippen LogP contribution in [-0.4, -0.2) is 21.3 Å². The molecule has 1 aliphatic heterocycles. The molecule has 104 valence electrons. The lowest BCUT2D eigenvalue weighted by atomic mass is 10.0. The molecule has 0 N–H and O–H groups in total. The lowest BCUT2D eigenvalue weighted by molar-refractivity contribution is 0.302. The summed E-state index contributed by atoms with van der Waals surface area (Å²) in [6, 6.07) is 3.35. The average Bonchev–Trinajstić information content (AvgIpc) is 2.33. The number of nitrogens with zero attached hydrogens (tertiary/aromatic N) is 1. The Kier molecular flexibility index (Phi) is 4.11. The van der Waals surface area contributed by atoms with Crippen molar-refractivity contribution in [3.63, 3.8) is 0 Å². The molecule has 0 aromatic heterocycles. The summed E-state index contributed by atoms with van der Waals surface area (Å²) >= 11 is 3.12. The van der Waals surface area contributed by atoms with Gasteiger partial charge in [0.2, 0.25) is 0 Å². The Bertz CT molecular complexity index is 566. The van der Waals surface area contributed by atoms with Gasteiger partial charge in [0.25, 0.3) is 0 Å². The fourth-order valence-corrected chi connectivity index (χ4v) is 2.59. The van der Waals surface area contributed by atoms with E-state index in [0.717, 1.165) is 0 Å². The van der Waals surface area contributed by atoms with Gasteiger partial charge in [-0.2, -0.15) is 4.40 Å².